The number of hydrogen-bond acceptors (Lipinski definition) is 2. The topological polar surface area (TPSA) is 0 Å². The van der Waals surface area contributed by atoms with Crippen LogP contribution in [0.4, 0.5) is 0 Å². The van der Waals surface area contributed by atoms with Gasteiger partial charge in [-0.3, -0.25) is 0 Å². The summed E-state index contributed by atoms with van der Waals surface area (Å²) in [7, 11) is -3.19. The molecule has 0 radical (unpaired) electrons. The van der Waals surface area contributed by atoms with Gasteiger partial charge in [-0.15, -0.1) is 0 Å². The molecule has 0 aliphatic rings. The summed E-state index contributed by atoms with van der Waals surface area (Å²) in [5.41, 5.74) is 0. The maximum absolute atomic E-state index is 2.46. The number of rotatable bonds is 4. The Labute approximate surface area is 166 Å². The van der Waals surface area contributed by atoms with Crippen LogP contribution in [0.5, 0.6) is 0 Å². The largest absolute Gasteiger partial charge is 0.153 e. The van der Waals surface area contributed by atoms with Crippen molar-refractivity contribution in [3.63, 3.8) is 0 Å². The van der Waals surface area contributed by atoms with Crippen molar-refractivity contribution in [2.75, 3.05) is 0 Å². The maximum Gasteiger partial charge on any atom is 0.113 e. The molecule has 0 saturated carbocycles. The van der Waals surface area contributed by atoms with Gasteiger partial charge in [0.2, 0.25) is 0 Å². The molecule has 0 aliphatic heterocycles. The molecule has 2 aromatic heterocycles. The zero-order valence-corrected chi connectivity index (χ0v) is 19.4. The van der Waals surface area contributed by atoms with E-state index in [0.717, 1.165) is 0 Å². The zero-order valence-electron chi connectivity index (χ0n) is 15.7. The fraction of sp³-hybridized carbons (Fsp3) is 0.182. The van der Waals surface area contributed by atoms with Gasteiger partial charge in [0.1, 0.15) is 16.1 Å². The molecule has 132 valence electrons. The van der Waals surface area contributed by atoms with E-state index >= 15 is 0 Å². The van der Waals surface area contributed by atoms with Crippen LogP contribution in [0.25, 0.3) is 10.8 Å². The SMILES string of the molecule is C[Si](C)(c1ccsc1)c1ccc2cc([Si](C)(C)c3ccsc3)ccc2c1. The molecule has 0 N–H and O–H groups in total. The average Bonchev–Trinajstić information content (AvgIpc) is 3.34. The van der Waals surface area contributed by atoms with Gasteiger partial charge in [-0.2, -0.15) is 22.7 Å². The number of thiophene rings is 2. The van der Waals surface area contributed by atoms with Crippen molar-refractivity contribution in [3.8, 4) is 0 Å². The highest BCUT2D eigenvalue weighted by molar-refractivity contribution is 7.12. The van der Waals surface area contributed by atoms with Crippen LogP contribution >= 0.6 is 22.7 Å². The molecule has 0 saturated heterocycles. The molecule has 4 aromatic rings. The molecule has 2 aromatic carbocycles. The molecule has 4 heteroatoms. The quantitative estimate of drug-likeness (QED) is 0.433. The lowest BCUT2D eigenvalue weighted by molar-refractivity contribution is 1.72. The lowest BCUT2D eigenvalue weighted by atomic mass is 10.1. The third-order valence-corrected chi connectivity index (χ3v) is 14.6. The fourth-order valence-electron chi connectivity index (χ4n) is 3.60. The minimum atomic E-state index is -1.59. The first-order valence-electron chi connectivity index (χ1n) is 8.99. The summed E-state index contributed by atoms with van der Waals surface area (Å²) in [6.07, 6.45) is 0. The Bertz CT molecular complexity index is 944. The van der Waals surface area contributed by atoms with Crippen molar-refractivity contribution in [2.24, 2.45) is 0 Å². The van der Waals surface area contributed by atoms with Crippen molar-refractivity contribution >= 4 is 70.3 Å². The van der Waals surface area contributed by atoms with E-state index < -0.39 is 16.1 Å². The van der Waals surface area contributed by atoms with E-state index in [1.807, 2.05) is 22.7 Å². The van der Waals surface area contributed by atoms with E-state index in [-0.39, 0.29) is 0 Å². The van der Waals surface area contributed by atoms with Crippen LogP contribution in [0.2, 0.25) is 26.2 Å². The van der Waals surface area contributed by atoms with Gasteiger partial charge in [0, 0.05) is 0 Å². The van der Waals surface area contributed by atoms with Crippen LogP contribution in [0, 0.1) is 0 Å². The molecule has 0 nitrogen and oxygen atoms in total. The maximum atomic E-state index is 2.46. The van der Waals surface area contributed by atoms with E-state index in [1.165, 1.54) is 31.5 Å². The minimum Gasteiger partial charge on any atom is -0.153 e. The van der Waals surface area contributed by atoms with E-state index in [0.29, 0.717) is 0 Å². The second kappa shape index (κ2) is 6.61. The predicted molar refractivity (Wildman–Crippen MR) is 126 cm³/mol. The van der Waals surface area contributed by atoms with Gasteiger partial charge in [-0.05, 0) is 42.7 Å². The lowest BCUT2D eigenvalue weighted by Gasteiger charge is -2.24. The van der Waals surface area contributed by atoms with Gasteiger partial charge in [0.15, 0.2) is 0 Å². The predicted octanol–water partition coefficient (Wildman–Crippen LogP) is 4.61. The summed E-state index contributed by atoms with van der Waals surface area (Å²) in [6.45, 7) is 9.82. The smallest absolute Gasteiger partial charge is 0.113 e. The van der Waals surface area contributed by atoms with E-state index in [4.69, 9.17) is 0 Å². The molecule has 0 aliphatic carbocycles. The third-order valence-electron chi connectivity index (χ3n) is 5.77. The van der Waals surface area contributed by atoms with Crippen molar-refractivity contribution in [2.45, 2.75) is 26.2 Å². The summed E-state index contributed by atoms with van der Waals surface area (Å²) in [6, 6.07) is 18.9. The standard InChI is InChI=1S/C22H24S2Si2/c1-25(2,21-9-11-23-15-21)19-7-5-18-14-20(8-6-17(18)13-19)26(3,4)22-10-12-24-16-22/h5-16H,1-4H3. The molecular weight excluding hydrogens is 385 g/mol. The Balaban J connectivity index is 1.76. The Morgan fingerprint density at radius 2 is 0.962 bits per heavy atom. The minimum absolute atomic E-state index is 1.37. The summed E-state index contributed by atoms with van der Waals surface area (Å²) < 4.78 is 0. The van der Waals surface area contributed by atoms with Gasteiger partial charge in [0.25, 0.3) is 0 Å². The van der Waals surface area contributed by atoms with Gasteiger partial charge >= 0.3 is 0 Å². The van der Waals surface area contributed by atoms with Crippen molar-refractivity contribution in [1.29, 1.82) is 0 Å². The monoisotopic (exact) mass is 408 g/mol. The highest BCUT2D eigenvalue weighted by Crippen LogP contribution is 2.17. The van der Waals surface area contributed by atoms with Crippen LogP contribution in [-0.2, 0) is 0 Å². The van der Waals surface area contributed by atoms with Crippen LogP contribution in [-0.4, -0.2) is 16.1 Å². The van der Waals surface area contributed by atoms with Gasteiger partial charge < -0.3 is 0 Å². The average molecular weight is 409 g/mol. The summed E-state index contributed by atoms with van der Waals surface area (Å²) in [4.78, 5) is 0. The molecular formula is C22H24S2Si2. The van der Waals surface area contributed by atoms with Crippen LogP contribution in [0.1, 0.15) is 0 Å². The van der Waals surface area contributed by atoms with E-state index in [2.05, 4.69) is 96.2 Å². The van der Waals surface area contributed by atoms with E-state index in [9.17, 15) is 0 Å². The van der Waals surface area contributed by atoms with Crippen LogP contribution in [0.15, 0.2) is 70.1 Å². The first-order chi connectivity index (χ1) is 12.4. The second-order valence-corrected chi connectivity index (χ2v) is 18.4. The third kappa shape index (κ3) is 3.05. The summed E-state index contributed by atoms with van der Waals surface area (Å²) >= 11 is 3.62. The van der Waals surface area contributed by atoms with Crippen molar-refractivity contribution in [3.05, 3.63) is 70.1 Å². The number of hydrogen-bond donors (Lipinski definition) is 0. The highest BCUT2D eigenvalue weighted by Gasteiger charge is 2.28. The molecule has 2 heterocycles. The first kappa shape index (κ1) is 17.9. The highest BCUT2D eigenvalue weighted by atomic mass is 32.1. The molecule has 0 unspecified atom stereocenters. The molecule has 4 rings (SSSR count). The second-order valence-electron chi connectivity index (χ2n) is 8.05. The van der Waals surface area contributed by atoms with Crippen LogP contribution in [0.3, 0.4) is 0 Å². The summed E-state index contributed by atoms with van der Waals surface area (Å²) in [5.74, 6) is 0. The Morgan fingerprint density at radius 3 is 1.31 bits per heavy atom. The normalized spacial score (nSPS) is 12.6. The molecule has 0 spiro atoms. The van der Waals surface area contributed by atoms with Gasteiger partial charge in [0.05, 0.1) is 0 Å². The van der Waals surface area contributed by atoms with Crippen molar-refractivity contribution < 1.29 is 0 Å². The van der Waals surface area contributed by atoms with E-state index in [1.54, 1.807) is 0 Å². The Morgan fingerprint density at radius 1 is 0.538 bits per heavy atom. The van der Waals surface area contributed by atoms with Crippen molar-refractivity contribution in [1.82, 2.24) is 0 Å². The van der Waals surface area contributed by atoms with Gasteiger partial charge in [-0.25, -0.2) is 0 Å². The molecule has 0 amide bonds. The van der Waals surface area contributed by atoms with Gasteiger partial charge in [-0.1, -0.05) is 85.1 Å². The number of benzene rings is 2. The zero-order chi connectivity index (χ0) is 18.4. The number of fused-ring (bicyclic) bond motifs is 1. The molecule has 0 atom stereocenters. The fourth-order valence-corrected chi connectivity index (χ4v) is 11.4. The Kier molecular flexibility index (Phi) is 4.55. The lowest BCUT2D eigenvalue weighted by Crippen LogP contribution is -2.52. The molecule has 0 bridgehead atoms. The Hall–Kier alpha value is -1.47. The molecule has 26 heavy (non-hydrogen) atoms. The first-order valence-corrected chi connectivity index (χ1v) is 16.9. The summed E-state index contributed by atoms with van der Waals surface area (Å²) in [5, 5.41) is 17.9. The van der Waals surface area contributed by atoms with Crippen LogP contribution < -0.4 is 20.7 Å². The molecule has 0 fully saturated rings.